The molecule has 0 heterocycles. The van der Waals surface area contributed by atoms with Crippen molar-refractivity contribution in [2.45, 2.75) is 186 Å². The SMILES string of the molecule is CCCCCCCCCCCC(=O)NCCCC[C@H](NC(=O)[C@H](CCC(=O)O)NC(=O)CCCCCCCCCCC)C(=O)O. The predicted octanol–water partition coefficient (Wildman–Crippen LogP) is 7.03. The van der Waals surface area contributed by atoms with E-state index >= 15 is 0 Å². The topological polar surface area (TPSA) is 162 Å². The second-order valence-corrected chi connectivity index (χ2v) is 12.5. The highest BCUT2D eigenvalue weighted by atomic mass is 16.4. The van der Waals surface area contributed by atoms with Gasteiger partial charge >= 0.3 is 11.9 Å². The molecule has 0 aliphatic carbocycles. The summed E-state index contributed by atoms with van der Waals surface area (Å²) in [7, 11) is 0. The van der Waals surface area contributed by atoms with Crippen LogP contribution in [0.2, 0.25) is 0 Å². The fourth-order valence-electron chi connectivity index (χ4n) is 5.31. The third kappa shape index (κ3) is 27.4. The summed E-state index contributed by atoms with van der Waals surface area (Å²) in [6, 6.07) is -2.29. The minimum absolute atomic E-state index is 0.000422. The molecule has 2 atom stereocenters. The maximum Gasteiger partial charge on any atom is 0.326 e. The lowest BCUT2D eigenvalue weighted by atomic mass is 10.1. The molecule has 0 fully saturated rings. The molecule has 0 rings (SSSR count). The van der Waals surface area contributed by atoms with Gasteiger partial charge in [-0.15, -0.1) is 0 Å². The first-order valence-corrected chi connectivity index (χ1v) is 18.0. The number of carbonyl (C=O) groups is 5. The van der Waals surface area contributed by atoms with Gasteiger partial charge in [-0.05, 0) is 38.5 Å². The largest absolute Gasteiger partial charge is 0.481 e. The van der Waals surface area contributed by atoms with E-state index in [0.29, 0.717) is 32.2 Å². The Balaban J connectivity index is 4.36. The van der Waals surface area contributed by atoms with Crippen LogP contribution in [-0.2, 0) is 24.0 Å². The third-order valence-electron chi connectivity index (χ3n) is 8.17. The summed E-state index contributed by atoms with van der Waals surface area (Å²) in [5.74, 6) is -3.33. The lowest BCUT2D eigenvalue weighted by molar-refractivity contribution is -0.143. The second-order valence-electron chi connectivity index (χ2n) is 12.5. The molecule has 45 heavy (non-hydrogen) atoms. The summed E-state index contributed by atoms with van der Waals surface area (Å²) in [5, 5.41) is 26.7. The Kier molecular flexibility index (Phi) is 28.3. The molecular weight excluding hydrogens is 574 g/mol. The van der Waals surface area contributed by atoms with E-state index < -0.39 is 29.9 Å². The van der Waals surface area contributed by atoms with Crippen LogP contribution >= 0.6 is 0 Å². The summed E-state index contributed by atoms with van der Waals surface area (Å²) in [6.07, 6.45) is 22.2. The van der Waals surface area contributed by atoms with Crippen molar-refractivity contribution in [3.63, 3.8) is 0 Å². The van der Waals surface area contributed by atoms with Crippen molar-refractivity contribution in [1.29, 1.82) is 0 Å². The Morgan fingerprint density at radius 3 is 1.42 bits per heavy atom. The molecule has 0 aromatic rings. The summed E-state index contributed by atoms with van der Waals surface area (Å²) in [5.41, 5.74) is 0. The summed E-state index contributed by atoms with van der Waals surface area (Å²) >= 11 is 0. The minimum atomic E-state index is -1.20. The quantitative estimate of drug-likeness (QED) is 0.0493. The molecular formula is C35H65N3O7. The van der Waals surface area contributed by atoms with Gasteiger partial charge in [-0.3, -0.25) is 19.2 Å². The van der Waals surface area contributed by atoms with Gasteiger partial charge in [-0.2, -0.15) is 0 Å². The highest BCUT2D eigenvalue weighted by Gasteiger charge is 2.26. The van der Waals surface area contributed by atoms with Crippen LogP contribution in [-0.4, -0.2) is 58.5 Å². The van der Waals surface area contributed by atoms with Gasteiger partial charge in [-0.1, -0.05) is 117 Å². The average Bonchev–Trinajstić information content (AvgIpc) is 3.00. The number of nitrogens with one attached hydrogen (secondary N) is 3. The Morgan fingerprint density at radius 1 is 0.489 bits per heavy atom. The van der Waals surface area contributed by atoms with E-state index in [0.717, 1.165) is 38.5 Å². The van der Waals surface area contributed by atoms with Crippen LogP contribution in [0.25, 0.3) is 0 Å². The molecule has 10 heteroatoms. The number of carboxylic acid groups (broad SMARTS) is 2. The van der Waals surface area contributed by atoms with E-state index in [1.54, 1.807) is 0 Å². The normalized spacial score (nSPS) is 12.3. The Labute approximate surface area is 272 Å². The van der Waals surface area contributed by atoms with Crippen molar-refractivity contribution in [3.05, 3.63) is 0 Å². The Hall–Kier alpha value is -2.65. The molecule has 0 aliphatic heterocycles. The first kappa shape index (κ1) is 42.3. The summed E-state index contributed by atoms with van der Waals surface area (Å²) in [4.78, 5) is 60.4. The van der Waals surface area contributed by atoms with Crippen LogP contribution in [0, 0.1) is 0 Å². The molecule has 0 spiro atoms. The highest BCUT2D eigenvalue weighted by Crippen LogP contribution is 2.12. The lowest BCUT2D eigenvalue weighted by Gasteiger charge is -2.21. The van der Waals surface area contributed by atoms with E-state index in [-0.39, 0.29) is 37.5 Å². The van der Waals surface area contributed by atoms with E-state index in [9.17, 15) is 29.1 Å². The number of carbonyl (C=O) groups excluding carboxylic acids is 3. The molecule has 0 aromatic carbocycles. The first-order chi connectivity index (χ1) is 21.7. The fraction of sp³-hybridized carbons (Fsp3) is 0.857. The van der Waals surface area contributed by atoms with Gasteiger partial charge < -0.3 is 26.2 Å². The number of hydrogen-bond donors (Lipinski definition) is 5. The van der Waals surface area contributed by atoms with Crippen molar-refractivity contribution < 1.29 is 34.2 Å². The van der Waals surface area contributed by atoms with Crippen LogP contribution in [0.5, 0.6) is 0 Å². The third-order valence-corrected chi connectivity index (χ3v) is 8.17. The molecule has 5 N–H and O–H groups in total. The van der Waals surface area contributed by atoms with Crippen LogP contribution in [0.4, 0.5) is 0 Å². The van der Waals surface area contributed by atoms with Crippen molar-refractivity contribution in [3.8, 4) is 0 Å². The van der Waals surface area contributed by atoms with Gasteiger partial charge in [-0.25, -0.2) is 4.79 Å². The zero-order chi connectivity index (χ0) is 33.5. The Morgan fingerprint density at radius 2 is 0.956 bits per heavy atom. The van der Waals surface area contributed by atoms with Crippen molar-refractivity contribution >= 4 is 29.7 Å². The molecule has 0 bridgehead atoms. The van der Waals surface area contributed by atoms with Gasteiger partial charge in [0.1, 0.15) is 12.1 Å². The maximum atomic E-state index is 12.9. The smallest absolute Gasteiger partial charge is 0.326 e. The van der Waals surface area contributed by atoms with Crippen molar-refractivity contribution in [2.75, 3.05) is 6.54 Å². The van der Waals surface area contributed by atoms with E-state index in [1.165, 1.54) is 70.6 Å². The fourth-order valence-corrected chi connectivity index (χ4v) is 5.31. The predicted molar refractivity (Wildman–Crippen MR) is 179 cm³/mol. The molecule has 262 valence electrons. The molecule has 10 nitrogen and oxygen atoms in total. The lowest BCUT2D eigenvalue weighted by Crippen LogP contribution is -2.51. The summed E-state index contributed by atoms with van der Waals surface area (Å²) in [6.45, 7) is 4.84. The molecule has 0 radical (unpaired) electrons. The number of hydrogen-bond acceptors (Lipinski definition) is 5. The highest BCUT2D eigenvalue weighted by molar-refractivity contribution is 5.90. The van der Waals surface area contributed by atoms with Gasteiger partial charge in [0.05, 0.1) is 0 Å². The Bertz CT molecular complexity index is 806. The van der Waals surface area contributed by atoms with Crippen molar-refractivity contribution in [1.82, 2.24) is 16.0 Å². The zero-order valence-corrected chi connectivity index (χ0v) is 28.5. The molecule has 3 amide bonds. The average molecular weight is 640 g/mol. The standard InChI is InChI=1S/C35H65N3O7/c1-3-5-7-9-11-13-15-17-19-24-31(39)36-28-22-21-23-30(35(44)45)38-34(43)29(26-27-33(41)42)37-32(40)25-20-18-16-14-12-10-8-6-4-2/h29-30H,3-28H2,1-2H3,(H,36,39)(H,37,40)(H,38,43)(H,41,42)(H,44,45)/t29-,30-/m0/s1. The van der Waals surface area contributed by atoms with Gasteiger partial charge in [0.2, 0.25) is 17.7 Å². The van der Waals surface area contributed by atoms with Crippen LogP contribution in [0.1, 0.15) is 174 Å². The van der Waals surface area contributed by atoms with Crippen LogP contribution in [0.3, 0.4) is 0 Å². The molecule has 0 aromatic heterocycles. The summed E-state index contributed by atoms with van der Waals surface area (Å²) < 4.78 is 0. The molecule has 0 saturated carbocycles. The maximum absolute atomic E-state index is 12.9. The van der Waals surface area contributed by atoms with Crippen LogP contribution in [0.15, 0.2) is 0 Å². The van der Waals surface area contributed by atoms with Gasteiger partial charge in [0, 0.05) is 25.8 Å². The second kappa shape index (κ2) is 30.0. The molecule has 0 unspecified atom stereocenters. The van der Waals surface area contributed by atoms with Gasteiger partial charge in [0.15, 0.2) is 0 Å². The first-order valence-electron chi connectivity index (χ1n) is 18.0. The number of rotatable bonds is 32. The number of unbranched alkanes of at least 4 members (excludes halogenated alkanes) is 17. The molecule has 0 aliphatic rings. The van der Waals surface area contributed by atoms with Crippen LogP contribution < -0.4 is 16.0 Å². The zero-order valence-electron chi connectivity index (χ0n) is 28.5. The minimum Gasteiger partial charge on any atom is -0.481 e. The van der Waals surface area contributed by atoms with E-state index in [2.05, 4.69) is 29.8 Å². The van der Waals surface area contributed by atoms with E-state index in [1.807, 2.05) is 0 Å². The van der Waals surface area contributed by atoms with E-state index in [4.69, 9.17) is 5.11 Å². The number of aliphatic carboxylic acids is 2. The number of carboxylic acids is 2. The molecule has 0 saturated heterocycles. The number of amides is 3. The monoisotopic (exact) mass is 639 g/mol. The van der Waals surface area contributed by atoms with Crippen molar-refractivity contribution in [2.24, 2.45) is 0 Å². The van der Waals surface area contributed by atoms with Gasteiger partial charge in [0.25, 0.3) is 0 Å².